The fraction of sp³-hybridized carbons (Fsp3) is 0.500. The molecule has 2 amide bonds. The zero-order valence-corrected chi connectivity index (χ0v) is 24.9. The van der Waals surface area contributed by atoms with Gasteiger partial charge >= 0.3 is 18.3 Å². The normalized spacial score (nSPS) is 20.2. The van der Waals surface area contributed by atoms with Crippen LogP contribution in [-0.2, 0) is 20.5 Å². The minimum absolute atomic E-state index is 0.00622. The van der Waals surface area contributed by atoms with E-state index < -0.39 is 74.1 Å². The summed E-state index contributed by atoms with van der Waals surface area (Å²) in [6.45, 7) is -3.73. The predicted molar refractivity (Wildman–Crippen MR) is 152 cm³/mol. The van der Waals surface area contributed by atoms with Crippen molar-refractivity contribution < 1.29 is 49.4 Å². The Kier molecular flexibility index (Phi) is 10.4. The maximum atomic E-state index is 14.6. The molecule has 1 aromatic carbocycles. The van der Waals surface area contributed by atoms with Crippen LogP contribution in [0.4, 0.5) is 40.8 Å². The summed E-state index contributed by atoms with van der Waals surface area (Å²) in [6, 6.07) is 2.55. The molecule has 1 aliphatic heterocycles. The van der Waals surface area contributed by atoms with Crippen LogP contribution in [0.5, 0.6) is 0 Å². The first-order chi connectivity index (χ1) is 21.4. The van der Waals surface area contributed by atoms with Crippen LogP contribution in [0.2, 0.25) is 5.02 Å². The van der Waals surface area contributed by atoms with Crippen LogP contribution in [0.1, 0.15) is 25.0 Å². The molecule has 9 nitrogen and oxygen atoms in total. The van der Waals surface area contributed by atoms with Gasteiger partial charge in [-0.25, -0.2) is 4.98 Å². The molecule has 2 aromatic rings. The molecular weight excluding hydrogens is 656 g/mol. The Balaban J connectivity index is 1.67. The summed E-state index contributed by atoms with van der Waals surface area (Å²) < 4.78 is 113. The molecule has 4 N–H and O–H groups in total. The minimum Gasteiger partial charge on any atom is -0.401 e. The zero-order chi connectivity index (χ0) is 34.0. The lowest BCUT2D eigenvalue weighted by molar-refractivity contribution is -0.166. The summed E-state index contributed by atoms with van der Waals surface area (Å²) in [6.07, 6.45) is -7.74. The Labute approximate surface area is 262 Å². The second-order valence-electron chi connectivity index (χ2n) is 11.0. The first-order valence-electron chi connectivity index (χ1n) is 13.8. The van der Waals surface area contributed by atoms with E-state index in [0.717, 1.165) is 12.0 Å². The number of hydrogen-bond donors (Lipinski definition) is 3. The van der Waals surface area contributed by atoms with E-state index in [4.69, 9.17) is 17.3 Å². The van der Waals surface area contributed by atoms with Crippen LogP contribution in [-0.4, -0.2) is 85.4 Å². The van der Waals surface area contributed by atoms with Crippen molar-refractivity contribution in [1.29, 1.82) is 0 Å². The van der Waals surface area contributed by atoms with Gasteiger partial charge in [0.1, 0.15) is 18.8 Å². The van der Waals surface area contributed by atoms with E-state index in [1.807, 2.05) is 0 Å². The molecule has 0 unspecified atom stereocenters. The first kappa shape index (κ1) is 35.1. The van der Waals surface area contributed by atoms with E-state index in [2.05, 4.69) is 25.3 Å². The van der Waals surface area contributed by atoms with Gasteiger partial charge in [0.15, 0.2) is 0 Å². The number of ether oxygens (including phenoxy) is 1. The van der Waals surface area contributed by atoms with Gasteiger partial charge in [-0.2, -0.15) is 35.1 Å². The number of carbonyl (C=O) groups is 2. The molecule has 1 aliphatic carbocycles. The van der Waals surface area contributed by atoms with Crippen LogP contribution < -0.4 is 16.4 Å². The number of carbonyl (C=O) groups excluding carboxylic acids is 2. The minimum atomic E-state index is -4.85. The van der Waals surface area contributed by atoms with E-state index in [0.29, 0.717) is 25.1 Å². The van der Waals surface area contributed by atoms with Crippen LogP contribution in [0.25, 0.3) is 10.9 Å². The summed E-state index contributed by atoms with van der Waals surface area (Å²) in [5.74, 6) is -6.88. The fourth-order valence-corrected chi connectivity index (χ4v) is 5.19. The van der Waals surface area contributed by atoms with Crippen molar-refractivity contribution in [3.63, 3.8) is 0 Å². The summed E-state index contributed by atoms with van der Waals surface area (Å²) in [4.78, 5) is 33.8. The number of aliphatic imine (C=N–C) groups is 1. The second-order valence-corrected chi connectivity index (χ2v) is 11.5. The molecule has 0 bridgehead atoms. The molecule has 2 fully saturated rings. The molecule has 252 valence electrons. The number of likely N-dealkylation sites (tertiary alicyclic amines) is 1. The Morgan fingerprint density at radius 3 is 2.39 bits per heavy atom. The summed E-state index contributed by atoms with van der Waals surface area (Å²) in [5, 5.41) is 5.71. The van der Waals surface area contributed by atoms with Crippen LogP contribution in [0, 0.1) is 5.92 Å². The lowest BCUT2D eigenvalue weighted by Gasteiger charge is -2.40. The van der Waals surface area contributed by atoms with E-state index in [1.165, 1.54) is 18.2 Å². The number of amides is 2. The molecular formula is C28H29ClF8N6O3. The number of nitrogens with one attached hydrogen (secondary N) is 2. The molecule has 0 radical (unpaired) electrons. The van der Waals surface area contributed by atoms with E-state index >= 15 is 0 Å². The number of halogens is 9. The lowest BCUT2D eigenvalue weighted by atomic mass is 9.98. The third kappa shape index (κ3) is 8.96. The SMILES string of the molecule is COCC(F)(F)C(=O)N1C[C@@H](NC(=O)/C(C=NCC(F)(F)F)=C(/N)C2CC2)C[C@@H](Nc2cc(C(F)(F)F)nc3ccc(Cl)cc23)C1. The molecule has 1 aromatic heterocycles. The number of anilines is 1. The molecule has 0 spiro atoms. The molecule has 2 atom stereocenters. The van der Waals surface area contributed by atoms with Gasteiger partial charge in [-0.15, -0.1) is 0 Å². The number of alkyl halides is 8. The predicted octanol–water partition coefficient (Wildman–Crippen LogP) is 4.94. The number of pyridine rings is 1. The standard InChI is InChI=1S/C28H29ClF8N6O3/c1-46-13-26(30,31)25(45)43-10-16(40-21-8-22(28(35,36)37)42-20-5-4-15(29)6-18(20)21)7-17(11-43)41-24(44)19(23(38)14-2-3-14)9-39-12-27(32,33)34/h4-6,8-9,14,16-17H,2-3,7,10-13,38H2,1H3,(H,40,42)(H,41,44)/b23-19+,39-9?/t16-,17+/m1/s1. The van der Waals surface area contributed by atoms with Crippen LogP contribution >= 0.6 is 11.6 Å². The van der Waals surface area contributed by atoms with Gasteiger partial charge in [0, 0.05) is 60.3 Å². The molecule has 18 heteroatoms. The molecule has 46 heavy (non-hydrogen) atoms. The van der Waals surface area contributed by atoms with Crippen molar-refractivity contribution in [3.05, 3.63) is 46.3 Å². The van der Waals surface area contributed by atoms with Gasteiger partial charge in [0.05, 0.1) is 11.1 Å². The van der Waals surface area contributed by atoms with Gasteiger partial charge in [-0.05, 0) is 49.4 Å². The largest absolute Gasteiger partial charge is 0.433 e. The number of allylic oxidation sites excluding steroid dienone is 1. The summed E-state index contributed by atoms with van der Waals surface area (Å²) in [5.41, 5.74) is 4.22. The number of aromatic nitrogens is 1. The first-order valence-corrected chi connectivity index (χ1v) is 14.2. The highest BCUT2D eigenvalue weighted by atomic mass is 35.5. The number of rotatable bonds is 10. The van der Waals surface area contributed by atoms with Crippen LogP contribution in [0.3, 0.4) is 0 Å². The highest BCUT2D eigenvalue weighted by molar-refractivity contribution is 6.31. The van der Waals surface area contributed by atoms with Crippen molar-refractivity contribution in [3.8, 4) is 0 Å². The zero-order valence-electron chi connectivity index (χ0n) is 24.1. The molecule has 1 saturated heterocycles. The van der Waals surface area contributed by atoms with Crippen LogP contribution in [0.15, 0.2) is 40.5 Å². The maximum absolute atomic E-state index is 14.6. The van der Waals surface area contributed by atoms with E-state index in [1.54, 1.807) is 0 Å². The Morgan fingerprint density at radius 1 is 1.11 bits per heavy atom. The van der Waals surface area contributed by atoms with E-state index in [-0.39, 0.29) is 45.2 Å². The van der Waals surface area contributed by atoms with Gasteiger partial charge in [-0.1, -0.05) is 11.6 Å². The third-order valence-corrected chi connectivity index (χ3v) is 7.43. The van der Waals surface area contributed by atoms with Crippen molar-refractivity contribution in [2.24, 2.45) is 16.6 Å². The number of piperidine rings is 1. The number of hydrogen-bond acceptors (Lipinski definition) is 7. The Morgan fingerprint density at radius 2 is 1.78 bits per heavy atom. The summed E-state index contributed by atoms with van der Waals surface area (Å²) in [7, 11) is 0.959. The topological polar surface area (TPSA) is 122 Å². The monoisotopic (exact) mass is 684 g/mol. The van der Waals surface area contributed by atoms with Crippen molar-refractivity contribution in [2.75, 3.05) is 38.7 Å². The van der Waals surface area contributed by atoms with Gasteiger partial charge in [-0.3, -0.25) is 14.6 Å². The van der Waals surface area contributed by atoms with Gasteiger partial charge in [0.25, 0.3) is 11.8 Å². The quantitative estimate of drug-likeness (QED) is 0.185. The number of methoxy groups -OCH3 is 1. The highest BCUT2D eigenvalue weighted by Gasteiger charge is 2.45. The summed E-state index contributed by atoms with van der Waals surface area (Å²) >= 11 is 6.07. The maximum Gasteiger partial charge on any atom is 0.433 e. The average molecular weight is 685 g/mol. The number of fused-ring (bicyclic) bond motifs is 1. The van der Waals surface area contributed by atoms with Crippen molar-refractivity contribution >= 4 is 46.2 Å². The Hall–Kier alpha value is -3.73. The lowest BCUT2D eigenvalue weighted by Crippen LogP contribution is -2.59. The number of nitrogens with zero attached hydrogens (tertiary/aromatic N) is 3. The molecule has 4 rings (SSSR count). The third-order valence-electron chi connectivity index (χ3n) is 7.20. The number of nitrogens with two attached hydrogens (primary N) is 1. The Bertz CT molecular complexity index is 1530. The molecule has 1 saturated carbocycles. The van der Waals surface area contributed by atoms with Gasteiger partial charge in [0.2, 0.25) is 0 Å². The van der Waals surface area contributed by atoms with Gasteiger partial charge < -0.3 is 26.0 Å². The van der Waals surface area contributed by atoms with Crippen molar-refractivity contribution in [2.45, 2.75) is 49.6 Å². The fourth-order valence-electron chi connectivity index (χ4n) is 5.01. The second kappa shape index (κ2) is 13.6. The smallest absolute Gasteiger partial charge is 0.401 e. The highest BCUT2D eigenvalue weighted by Crippen LogP contribution is 2.36. The number of benzene rings is 1. The van der Waals surface area contributed by atoms with E-state index in [9.17, 15) is 44.7 Å². The molecule has 2 aliphatic rings. The van der Waals surface area contributed by atoms with Crippen molar-refractivity contribution in [1.82, 2.24) is 15.2 Å². The molecule has 2 heterocycles. The average Bonchev–Trinajstić information content (AvgIpc) is 3.79.